The van der Waals surface area contributed by atoms with E-state index >= 15 is 0 Å². The lowest BCUT2D eigenvalue weighted by Gasteiger charge is -2.25. The van der Waals surface area contributed by atoms with Crippen LogP contribution in [0.2, 0.25) is 0 Å². The van der Waals surface area contributed by atoms with Crippen LogP contribution in [-0.2, 0) is 17.6 Å². The normalized spacial score (nSPS) is 17.8. The van der Waals surface area contributed by atoms with E-state index in [0.29, 0.717) is 12.8 Å². The summed E-state index contributed by atoms with van der Waals surface area (Å²) in [6.45, 7) is 0.252. The van der Waals surface area contributed by atoms with E-state index in [1.807, 2.05) is 24.3 Å². The lowest BCUT2D eigenvalue weighted by molar-refractivity contribution is -0.121. The Kier molecular flexibility index (Phi) is 4.17. The zero-order valence-electron chi connectivity index (χ0n) is 13.8. The molecule has 1 unspecified atom stereocenters. The van der Waals surface area contributed by atoms with E-state index in [9.17, 15) is 9.59 Å². The lowest BCUT2D eigenvalue weighted by atomic mass is 9.91. The Morgan fingerprint density at radius 1 is 1.20 bits per heavy atom. The molecule has 2 aromatic rings. The number of carbonyl (C=O) groups is 1. The Morgan fingerprint density at radius 2 is 2.08 bits per heavy atom. The van der Waals surface area contributed by atoms with Gasteiger partial charge in [0.05, 0.1) is 6.04 Å². The fourth-order valence-corrected chi connectivity index (χ4v) is 3.47. The number of ether oxygens (including phenoxy) is 2. The molecule has 1 atom stereocenters. The van der Waals surface area contributed by atoms with Crippen molar-refractivity contribution in [3.8, 4) is 11.5 Å². The second kappa shape index (κ2) is 6.63. The number of rotatable bonds is 4. The molecule has 1 aromatic heterocycles. The molecule has 2 heterocycles. The molecule has 130 valence electrons. The molecule has 0 saturated heterocycles. The van der Waals surface area contributed by atoms with Gasteiger partial charge in [0.25, 0.3) is 0 Å². The molecule has 1 aliphatic heterocycles. The summed E-state index contributed by atoms with van der Waals surface area (Å²) < 4.78 is 10.7. The summed E-state index contributed by atoms with van der Waals surface area (Å²) in [5.41, 5.74) is 2.93. The molecular weight excluding hydrogens is 320 g/mol. The minimum atomic E-state index is -0.0893. The van der Waals surface area contributed by atoms with Gasteiger partial charge in [-0.15, -0.1) is 0 Å². The molecular formula is C19H20N2O4. The highest BCUT2D eigenvalue weighted by atomic mass is 16.7. The maximum Gasteiger partial charge on any atom is 0.248 e. The number of fused-ring (bicyclic) bond motifs is 2. The third-order valence-corrected chi connectivity index (χ3v) is 4.74. The second-order valence-corrected chi connectivity index (χ2v) is 6.46. The first-order valence-electron chi connectivity index (χ1n) is 8.59. The van der Waals surface area contributed by atoms with Crippen LogP contribution in [0.1, 0.15) is 42.1 Å². The average Bonchev–Trinajstić information content (AvgIpc) is 3.07. The van der Waals surface area contributed by atoms with Gasteiger partial charge in [0.15, 0.2) is 11.5 Å². The Bertz CT molecular complexity index is 859. The van der Waals surface area contributed by atoms with Crippen LogP contribution in [0.3, 0.4) is 0 Å². The highest BCUT2D eigenvalue weighted by molar-refractivity contribution is 5.76. The van der Waals surface area contributed by atoms with Gasteiger partial charge in [0, 0.05) is 18.2 Å². The highest BCUT2D eigenvalue weighted by Crippen LogP contribution is 2.33. The minimum Gasteiger partial charge on any atom is -0.454 e. The molecule has 0 saturated carbocycles. The zero-order valence-corrected chi connectivity index (χ0v) is 13.8. The van der Waals surface area contributed by atoms with Gasteiger partial charge in [-0.1, -0.05) is 6.07 Å². The van der Waals surface area contributed by atoms with E-state index in [1.165, 1.54) is 6.07 Å². The summed E-state index contributed by atoms with van der Waals surface area (Å²) in [4.78, 5) is 26.7. The quantitative estimate of drug-likeness (QED) is 0.894. The number of amides is 1. The van der Waals surface area contributed by atoms with Crippen LogP contribution in [0.25, 0.3) is 0 Å². The number of aryl methyl sites for hydroxylation is 2. The minimum absolute atomic E-state index is 0.0155. The van der Waals surface area contributed by atoms with Crippen LogP contribution in [0.15, 0.2) is 35.1 Å². The molecule has 6 nitrogen and oxygen atoms in total. The maximum absolute atomic E-state index is 12.4. The van der Waals surface area contributed by atoms with E-state index in [1.54, 1.807) is 0 Å². The monoisotopic (exact) mass is 340 g/mol. The van der Waals surface area contributed by atoms with Crippen LogP contribution in [0.5, 0.6) is 11.5 Å². The third kappa shape index (κ3) is 3.38. The smallest absolute Gasteiger partial charge is 0.248 e. The molecule has 4 rings (SSSR count). The van der Waals surface area contributed by atoms with Gasteiger partial charge >= 0.3 is 0 Å². The van der Waals surface area contributed by atoms with Crippen molar-refractivity contribution in [2.24, 2.45) is 0 Å². The van der Waals surface area contributed by atoms with Crippen molar-refractivity contribution in [3.63, 3.8) is 0 Å². The van der Waals surface area contributed by atoms with Crippen molar-refractivity contribution in [3.05, 3.63) is 57.5 Å². The molecule has 6 heteroatoms. The maximum atomic E-state index is 12.4. The van der Waals surface area contributed by atoms with E-state index in [2.05, 4.69) is 10.3 Å². The van der Waals surface area contributed by atoms with Gasteiger partial charge in [0.2, 0.25) is 18.3 Å². The Labute approximate surface area is 145 Å². The fraction of sp³-hybridized carbons (Fsp3) is 0.368. The van der Waals surface area contributed by atoms with Gasteiger partial charge in [-0.3, -0.25) is 9.59 Å². The van der Waals surface area contributed by atoms with Gasteiger partial charge < -0.3 is 19.8 Å². The Morgan fingerprint density at radius 3 is 3.00 bits per heavy atom. The third-order valence-electron chi connectivity index (χ3n) is 4.74. The molecule has 1 amide bonds. The van der Waals surface area contributed by atoms with Crippen LogP contribution >= 0.6 is 0 Å². The number of hydrogen-bond acceptors (Lipinski definition) is 4. The molecule has 0 radical (unpaired) electrons. The highest BCUT2D eigenvalue weighted by Gasteiger charge is 2.22. The van der Waals surface area contributed by atoms with Crippen LogP contribution in [-0.4, -0.2) is 17.7 Å². The summed E-state index contributed by atoms with van der Waals surface area (Å²) in [5.74, 6) is 1.51. The zero-order chi connectivity index (χ0) is 17.2. The number of benzene rings is 1. The van der Waals surface area contributed by atoms with Crippen LogP contribution in [0.4, 0.5) is 0 Å². The molecule has 1 aliphatic carbocycles. The summed E-state index contributed by atoms with van der Waals surface area (Å²) in [5, 5.41) is 3.10. The van der Waals surface area contributed by atoms with Gasteiger partial charge in [-0.05, 0) is 55.0 Å². The molecule has 25 heavy (non-hydrogen) atoms. The van der Waals surface area contributed by atoms with Crippen LogP contribution in [0, 0.1) is 0 Å². The van der Waals surface area contributed by atoms with E-state index in [4.69, 9.17) is 9.47 Å². The first-order valence-corrected chi connectivity index (χ1v) is 8.59. The largest absolute Gasteiger partial charge is 0.454 e. The number of pyridine rings is 1. The van der Waals surface area contributed by atoms with Crippen molar-refractivity contribution >= 4 is 5.91 Å². The average molecular weight is 340 g/mol. The molecule has 2 N–H and O–H groups in total. The molecule has 2 aliphatic rings. The van der Waals surface area contributed by atoms with Crippen LogP contribution < -0.4 is 20.3 Å². The Hall–Kier alpha value is -2.76. The van der Waals surface area contributed by atoms with Crippen molar-refractivity contribution < 1.29 is 14.3 Å². The van der Waals surface area contributed by atoms with Crippen molar-refractivity contribution in [1.29, 1.82) is 0 Å². The summed E-state index contributed by atoms with van der Waals surface area (Å²) in [6.07, 6.45) is 3.77. The SMILES string of the molecule is O=C(CCc1ccc2c(c1)OCO2)NC1CCCc2[nH]c(=O)ccc21. The fourth-order valence-electron chi connectivity index (χ4n) is 3.47. The first kappa shape index (κ1) is 15.7. The standard InChI is InChI=1S/C19H20N2O4/c22-18(8-5-12-4-7-16-17(10-12)25-11-24-16)20-14-2-1-3-15-13(14)6-9-19(23)21-15/h4,6-7,9-10,14H,1-3,5,8,11H2,(H,20,22)(H,21,23). The topological polar surface area (TPSA) is 80.4 Å². The van der Waals surface area contributed by atoms with Crippen molar-refractivity contribution in [1.82, 2.24) is 10.3 Å². The van der Waals surface area contributed by atoms with E-state index in [0.717, 1.165) is 47.6 Å². The van der Waals surface area contributed by atoms with Gasteiger partial charge in [-0.25, -0.2) is 0 Å². The van der Waals surface area contributed by atoms with E-state index < -0.39 is 0 Å². The Balaban J connectivity index is 1.38. The second-order valence-electron chi connectivity index (χ2n) is 6.46. The number of carbonyl (C=O) groups excluding carboxylic acids is 1. The predicted molar refractivity (Wildman–Crippen MR) is 91.8 cm³/mol. The number of nitrogens with one attached hydrogen (secondary N) is 2. The summed E-state index contributed by atoms with van der Waals surface area (Å²) >= 11 is 0. The first-order chi connectivity index (χ1) is 12.2. The van der Waals surface area contributed by atoms with Gasteiger partial charge in [0.1, 0.15) is 0 Å². The van der Waals surface area contributed by atoms with Gasteiger partial charge in [-0.2, -0.15) is 0 Å². The van der Waals surface area contributed by atoms with E-state index in [-0.39, 0.29) is 24.3 Å². The number of H-pyrrole nitrogens is 1. The van der Waals surface area contributed by atoms with Crippen molar-refractivity contribution in [2.45, 2.75) is 38.1 Å². The molecule has 0 fully saturated rings. The lowest BCUT2D eigenvalue weighted by Crippen LogP contribution is -2.32. The summed E-state index contributed by atoms with van der Waals surface area (Å²) in [6, 6.07) is 9.09. The van der Waals surface area contributed by atoms with Crippen molar-refractivity contribution in [2.75, 3.05) is 6.79 Å². The molecule has 1 aromatic carbocycles. The number of hydrogen-bond donors (Lipinski definition) is 2. The molecule has 0 bridgehead atoms. The summed E-state index contributed by atoms with van der Waals surface area (Å²) in [7, 11) is 0. The predicted octanol–water partition coefficient (Wildman–Crippen LogP) is 2.23. The number of aromatic nitrogens is 1. The number of aromatic amines is 1. The molecule has 0 spiro atoms.